The number of hydrogen-bond acceptors (Lipinski definition) is 2. The number of hydrogen-bond donors (Lipinski definition) is 1. The number of hydrazone groups is 1. The van der Waals surface area contributed by atoms with Crippen molar-refractivity contribution in [1.29, 1.82) is 0 Å². The summed E-state index contributed by atoms with van der Waals surface area (Å²) in [7, 11) is 0. The maximum atomic E-state index is 4.18. The predicted octanol–water partition coefficient (Wildman–Crippen LogP) is 4.44. The summed E-state index contributed by atoms with van der Waals surface area (Å²) in [4.78, 5) is 0. The van der Waals surface area contributed by atoms with Gasteiger partial charge in [-0.2, -0.15) is 5.10 Å². The van der Waals surface area contributed by atoms with Crippen molar-refractivity contribution in [1.82, 2.24) is 0 Å². The molecular weight excluding hydrogens is 196 g/mol. The van der Waals surface area contributed by atoms with Crippen LogP contribution in [0.5, 0.6) is 0 Å². The Bertz CT molecular complexity index is 280. The van der Waals surface area contributed by atoms with E-state index in [1.54, 1.807) is 0 Å². The Morgan fingerprint density at radius 1 is 1.06 bits per heavy atom. The molecule has 1 aromatic carbocycles. The zero-order valence-electron chi connectivity index (χ0n) is 10.2. The highest BCUT2D eigenvalue weighted by molar-refractivity contribution is 5.59. The molecule has 2 nitrogen and oxygen atoms in total. The van der Waals surface area contributed by atoms with Crippen LogP contribution in [0.3, 0.4) is 0 Å². The summed E-state index contributed by atoms with van der Waals surface area (Å²) in [5.74, 6) is 0. The summed E-state index contributed by atoms with van der Waals surface area (Å²) in [6.45, 7) is 2.24. The normalized spacial score (nSPS) is 10.8. The second-order valence-electron chi connectivity index (χ2n) is 3.99. The van der Waals surface area contributed by atoms with Gasteiger partial charge in [-0.05, 0) is 25.0 Å². The molecule has 0 radical (unpaired) electrons. The molecule has 0 aliphatic carbocycles. The molecule has 0 unspecified atom stereocenters. The van der Waals surface area contributed by atoms with Crippen LogP contribution in [-0.2, 0) is 0 Å². The Balaban J connectivity index is 2.01. The van der Waals surface area contributed by atoms with Gasteiger partial charge in [-0.1, -0.05) is 50.8 Å². The molecule has 1 rings (SSSR count). The first-order valence-corrected chi connectivity index (χ1v) is 6.26. The van der Waals surface area contributed by atoms with Gasteiger partial charge in [0.05, 0.1) is 5.69 Å². The lowest BCUT2D eigenvalue weighted by Crippen LogP contribution is -1.88. The van der Waals surface area contributed by atoms with Gasteiger partial charge < -0.3 is 0 Å². The molecule has 0 spiro atoms. The Labute approximate surface area is 98.8 Å². The Morgan fingerprint density at radius 2 is 1.81 bits per heavy atom. The molecule has 0 amide bonds. The fourth-order valence-corrected chi connectivity index (χ4v) is 1.54. The van der Waals surface area contributed by atoms with Crippen molar-refractivity contribution in [3.8, 4) is 0 Å². The maximum Gasteiger partial charge on any atom is 0.0561 e. The van der Waals surface area contributed by atoms with Gasteiger partial charge in [0.2, 0.25) is 0 Å². The quantitative estimate of drug-likeness (QED) is 0.389. The van der Waals surface area contributed by atoms with E-state index < -0.39 is 0 Å². The molecule has 2 heteroatoms. The topological polar surface area (TPSA) is 24.4 Å². The average Bonchev–Trinajstić information content (AvgIpc) is 2.34. The van der Waals surface area contributed by atoms with Crippen LogP contribution in [0.15, 0.2) is 35.4 Å². The van der Waals surface area contributed by atoms with Crippen molar-refractivity contribution in [2.24, 2.45) is 5.10 Å². The molecule has 0 atom stereocenters. The summed E-state index contributed by atoms with van der Waals surface area (Å²) in [6.07, 6.45) is 9.65. The van der Waals surface area contributed by atoms with Gasteiger partial charge in [0.1, 0.15) is 0 Å². The minimum absolute atomic E-state index is 1.05. The third-order valence-electron chi connectivity index (χ3n) is 2.50. The summed E-state index contributed by atoms with van der Waals surface area (Å²) < 4.78 is 0. The summed E-state index contributed by atoms with van der Waals surface area (Å²) >= 11 is 0. The Morgan fingerprint density at radius 3 is 2.56 bits per heavy atom. The molecule has 0 bridgehead atoms. The highest BCUT2D eigenvalue weighted by Gasteiger charge is 1.87. The fourth-order valence-electron chi connectivity index (χ4n) is 1.54. The van der Waals surface area contributed by atoms with E-state index >= 15 is 0 Å². The third kappa shape index (κ3) is 6.23. The van der Waals surface area contributed by atoms with Gasteiger partial charge >= 0.3 is 0 Å². The van der Waals surface area contributed by atoms with E-state index in [-0.39, 0.29) is 0 Å². The number of anilines is 1. The Kier molecular flexibility index (Phi) is 7.14. The first kappa shape index (κ1) is 12.8. The lowest BCUT2D eigenvalue weighted by Gasteiger charge is -1.98. The van der Waals surface area contributed by atoms with Crippen molar-refractivity contribution in [2.75, 3.05) is 5.43 Å². The van der Waals surface area contributed by atoms with Crippen molar-refractivity contribution in [2.45, 2.75) is 45.4 Å². The molecule has 0 saturated carbocycles. The standard InChI is InChI=1S/C14H22N2/c1-2-3-4-5-6-10-13-15-16-14-11-8-7-9-12-14/h7-9,11-13,16H,2-6,10H2,1H3/b15-13+. The van der Waals surface area contributed by atoms with Crippen LogP contribution in [0, 0.1) is 0 Å². The first-order valence-electron chi connectivity index (χ1n) is 6.26. The lowest BCUT2D eigenvalue weighted by molar-refractivity contribution is 0.645. The highest BCUT2D eigenvalue weighted by Crippen LogP contribution is 2.05. The predicted molar refractivity (Wildman–Crippen MR) is 71.9 cm³/mol. The van der Waals surface area contributed by atoms with Gasteiger partial charge in [-0.25, -0.2) is 0 Å². The summed E-state index contributed by atoms with van der Waals surface area (Å²) in [6, 6.07) is 10.0. The number of para-hydroxylation sites is 1. The molecule has 16 heavy (non-hydrogen) atoms. The number of nitrogens with zero attached hydrogens (tertiary/aromatic N) is 1. The minimum Gasteiger partial charge on any atom is -0.279 e. The monoisotopic (exact) mass is 218 g/mol. The molecule has 0 fully saturated rings. The molecule has 0 saturated heterocycles. The Hall–Kier alpha value is -1.31. The van der Waals surface area contributed by atoms with Gasteiger partial charge in [0.25, 0.3) is 0 Å². The highest BCUT2D eigenvalue weighted by atomic mass is 15.3. The largest absolute Gasteiger partial charge is 0.279 e. The van der Waals surface area contributed by atoms with Crippen LogP contribution in [0.25, 0.3) is 0 Å². The van der Waals surface area contributed by atoms with Gasteiger partial charge in [-0.3, -0.25) is 5.43 Å². The van der Waals surface area contributed by atoms with Crippen molar-refractivity contribution >= 4 is 11.9 Å². The van der Waals surface area contributed by atoms with E-state index in [1.807, 2.05) is 36.5 Å². The zero-order valence-corrected chi connectivity index (χ0v) is 10.2. The lowest BCUT2D eigenvalue weighted by atomic mass is 10.1. The van der Waals surface area contributed by atoms with E-state index in [9.17, 15) is 0 Å². The molecule has 88 valence electrons. The van der Waals surface area contributed by atoms with E-state index in [2.05, 4.69) is 17.5 Å². The summed E-state index contributed by atoms with van der Waals surface area (Å²) in [5.41, 5.74) is 4.06. The van der Waals surface area contributed by atoms with Gasteiger partial charge in [-0.15, -0.1) is 0 Å². The van der Waals surface area contributed by atoms with E-state index in [4.69, 9.17) is 0 Å². The van der Waals surface area contributed by atoms with Gasteiger partial charge in [0.15, 0.2) is 0 Å². The van der Waals surface area contributed by atoms with Crippen molar-refractivity contribution in [3.05, 3.63) is 30.3 Å². The van der Waals surface area contributed by atoms with Crippen molar-refractivity contribution in [3.63, 3.8) is 0 Å². The average molecular weight is 218 g/mol. The molecule has 0 aromatic heterocycles. The SMILES string of the molecule is CCCCCCC/C=N/Nc1ccccc1. The van der Waals surface area contributed by atoms with Crippen LogP contribution in [0.2, 0.25) is 0 Å². The third-order valence-corrected chi connectivity index (χ3v) is 2.50. The minimum atomic E-state index is 1.05. The van der Waals surface area contributed by atoms with Crippen LogP contribution in [0.1, 0.15) is 45.4 Å². The smallest absolute Gasteiger partial charge is 0.0561 e. The van der Waals surface area contributed by atoms with E-state index in [0.717, 1.165) is 12.1 Å². The number of rotatable bonds is 8. The van der Waals surface area contributed by atoms with Crippen molar-refractivity contribution < 1.29 is 0 Å². The maximum absolute atomic E-state index is 4.18. The fraction of sp³-hybridized carbons (Fsp3) is 0.500. The van der Waals surface area contributed by atoms with Crippen LogP contribution < -0.4 is 5.43 Å². The van der Waals surface area contributed by atoms with E-state index in [0.29, 0.717) is 0 Å². The first-order chi connectivity index (χ1) is 7.93. The molecule has 0 aliphatic rings. The number of unbranched alkanes of at least 4 members (excludes halogenated alkanes) is 5. The second kappa shape index (κ2) is 8.96. The molecule has 1 aromatic rings. The van der Waals surface area contributed by atoms with Crippen LogP contribution >= 0.6 is 0 Å². The molecule has 1 N–H and O–H groups in total. The second-order valence-corrected chi connectivity index (χ2v) is 3.99. The van der Waals surface area contributed by atoms with Gasteiger partial charge in [0, 0.05) is 6.21 Å². The van der Waals surface area contributed by atoms with Crippen LogP contribution in [-0.4, -0.2) is 6.21 Å². The zero-order chi connectivity index (χ0) is 11.5. The molecule has 0 heterocycles. The number of benzene rings is 1. The molecule has 0 aliphatic heterocycles. The van der Waals surface area contributed by atoms with E-state index in [1.165, 1.54) is 32.1 Å². The number of nitrogens with one attached hydrogen (secondary N) is 1. The van der Waals surface area contributed by atoms with Crippen LogP contribution in [0.4, 0.5) is 5.69 Å². The molecular formula is C14H22N2. The summed E-state index contributed by atoms with van der Waals surface area (Å²) in [5, 5.41) is 4.18.